The van der Waals surface area contributed by atoms with Gasteiger partial charge in [0.15, 0.2) is 5.82 Å². The number of nitrogens with zero attached hydrogens (tertiary/aromatic N) is 5. The second-order valence-electron chi connectivity index (χ2n) is 7.62. The molecule has 0 atom stereocenters. The normalized spacial score (nSPS) is 13.7. The summed E-state index contributed by atoms with van der Waals surface area (Å²) in [6, 6.07) is 11.9. The minimum atomic E-state index is -0.204. The third-order valence-electron chi connectivity index (χ3n) is 6.00. The van der Waals surface area contributed by atoms with E-state index in [0.29, 0.717) is 5.82 Å². The van der Waals surface area contributed by atoms with E-state index in [4.69, 9.17) is 0 Å². The van der Waals surface area contributed by atoms with Gasteiger partial charge in [-0.2, -0.15) is 9.78 Å². The average molecular weight is 385 g/mol. The Kier molecular flexibility index (Phi) is 4.01. The van der Waals surface area contributed by atoms with Gasteiger partial charge in [-0.25, -0.2) is 9.78 Å². The van der Waals surface area contributed by atoms with Crippen LogP contribution in [-0.4, -0.2) is 32.3 Å². The number of anilines is 1. The maximum absolute atomic E-state index is 13.3. The lowest BCUT2D eigenvalue weighted by Crippen LogP contribution is -2.37. The van der Waals surface area contributed by atoms with Crippen molar-refractivity contribution in [2.45, 2.75) is 27.2 Å². The van der Waals surface area contributed by atoms with Crippen LogP contribution in [0.25, 0.3) is 22.5 Å². The lowest BCUT2D eigenvalue weighted by molar-refractivity contribution is 0.616. The summed E-state index contributed by atoms with van der Waals surface area (Å²) in [4.78, 5) is 20.0. The molecule has 4 aromatic rings. The predicted molar refractivity (Wildman–Crippen MR) is 115 cm³/mol. The molecule has 0 unspecified atom stereocenters. The van der Waals surface area contributed by atoms with Crippen LogP contribution >= 0.6 is 0 Å². The van der Waals surface area contributed by atoms with E-state index in [-0.39, 0.29) is 5.69 Å². The Morgan fingerprint density at radius 3 is 2.48 bits per heavy atom. The van der Waals surface area contributed by atoms with Gasteiger partial charge in [-0.15, -0.1) is 0 Å². The Morgan fingerprint density at radius 2 is 1.79 bits per heavy atom. The van der Waals surface area contributed by atoms with Crippen molar-refractivity contribution in [1.82, 2.24) is 19.2 Å². The zero-order valence-electron chi connectivity index (χ0n) is 16.9. The molecule has 1 aliphatic rings. The fourth-order valence-corrected chi connectivity index (χ4v) is 4.34. The first-order valence-electron chi connectivity index (χ1n) is 9.94. The molecule has 0 saturated carbocycles. The second-order valence-corrected chi connectivity index (χ2v) is 7.62. The Labute approximate surface area is 169 Å². The fourth-order valence-electron chi connectivity index (χ4n) is 4.34. The molecule has 3 aromatic heterocycles. The SMILES string of the molecule is Cc1c(-c2c(C)c3cnn(-c4ccccn4)c(=O)n3c2C)cccc1N1CCC1. The molecule has 0 spiro atoms. The van der Waals surface area contributed by atoms with Gasteiger partial charge in [0.2, 0.25) is 0 Å². The van der Waals surface area contributed by atoms with E-state index in [1.807, 2.05) is 19.1 Å². The van der Waals surface area contributed by atoms with Gasteiger partial charge in [-0.05, 0) is 62.1 Å². The summed E-state index contributed by atoms with van der Waals surface area (Å²) in [5.74, 6) is 0.516. The maximum Gasteiger partial charge on any atom is 0.355 e. The number of rotatable bonds is 3. The highest BCUT2D eigenvalue weighted by Crippen LogP contribution is 2.37. The monoisotopic (exact) mass is 385 g/mol. The van der Waals surface area contributed by atoms with Crippen LogP contribution in [0.2, 0.25) is 0 Å². The van der Waals surface area contributed by atoms with E-state index in [0.717, 1.165) is 35.4 Å². The number of hydrogen-bond acceptors (Lipinski definition) is 4. The highest BCUT2D eigenvalue weighted by molar-refractivity contribution is 5.83. The fraction of sp³-hybridized carbons (Fsp3) is 0.261. The zero-order valence-corrected chi connectivity index (χ0v) is 16.9. The summed E-state index contributed by atoms with van der Waals surface area (Å²) >= 11 is 0. The first kappa shape index (κ1) is 17.7. The molecule has 0 bridgehead atoms. The molecule has 6 heteroatoms. The summed E-state index contributed by atoms with van der Waals surface area (Å²) in [7, 11) is 0. The number of aromatic nitrogens is 4. The van der Waals surface area contributed by atoms with Gasteiger partial charge in [0.25, 0.3) is 0 Å². The number of aryl methyl sites for hydroxylation is 2. The topological polar surface area (TPSA) is 55.4 Å². The molecule has 1 saturated heterocycles. The van der Waals surface area contributed by atoms with Gasteiger partial charge in [0.05, 0.1) is 11.7 Å². The van der Waals surface area contributed by atoms with Crippen molar-refractivity contribution >= 4 is 11.2 Å². The van der Waals surface area contributed by atoms with Crippen LogP contribution < -0.4 is 10.6 Å². The van der Waals surface area contributed by atoms with Crippen LogP contribution in [0.1, 0.15) is 23.2 Å². The minimum absolute atomic E-state index is 0.204. The average Bonchev–Trinajstić information content (AvgIpc) is 2.94. The molecule has 0 aliphatic carbocycles. The van der Waals surface area contributed by atoms with Gasteiger partial charge in [0.1, 0.15) is 0 Å². The Hall–Kier alpha value is -3.41. The molecular formula is C23H23N5O. The second kappa shape index (κ2) is 6.58. The van der Waals surface area contributed by atoms with E-state index in [1.165, 1.54) is 27.9 Å². The van der Waals surface area contributed by atoms with Crippen molar-refractivity contribution in [3.63, 3.8) is 0 Å². The lowest BCUT2D eigenvalue weighted by atomic mass is 9.95. The molecular weight excluding hydrogens is 362 g/mol. The molecule has 1 aliphatic heterocycles. The summed E-state index contributed by atoms with van der Waals surface area (Å²) in [5, 5.41) is 4.39. The minimum Gasteiger partial charge on any atom is -0.371 e. The van der Waals surface area contributed by atoms with Crippen LogP contribution in [-0.2, 0) is 0 Å². The smallest absolute Gasteiger partial charge is 0.355 e. The van der Waals surface area contributed by atoms with Crippen molar-refractivity contribution in [2.75, 3.05) is 18.0 Å². The lowest BCUT2D eigenvalue weighted by Gasteiger charge is -2.35. The molecule has 5 rings (SSSR count). The first-order valence-corrected chi connectivity index (χ1v) is 9.94. The van der Waals surface area contributed by atoms with E-state index in [2.05, 4.69) is 47.0 Å². The highest BCUT2D eigenvalue weighted by atomic mass is 16.2. The molecule has 146 valence electrons. The Balaban J connectivity index is 1.75. The van der Waals surface area contributed by atoms with Crippen molar-refractivity contribution in [3.8, 4) is 16.9 Å². The van der Waals surface area contributed by atoms with E-state index >= 15 is 0 Å². The van der Waals surface area contributed by atoms with Crippen LogP contribution in [0.5, 0.6) is 0 Å². The summed E-state index contributed by atoms with van der Waals surface area (Å²) < 4.78 is 3.11. The van der Waals surface area contributed by atoms with E-state index in [9.17, 15) is 4.79 Å². The molecule has 4 heterocycles. The van der Waals surface area contributed by atoms with Crippen LogP contribution in [0.3, 0.4) is 0 Å². The van der Waals surface area contributed by atoms with Gasteiger partial charge in [0, 0.05) is 36.2 Å². The van der Waals surface area contributed by atoms with Crippen molar-refractivity contribution in [1.29, 1.82) is 0 Å². The third kappa shape index (κ3) is 2.59. The standard InChI is InChI=1S/C23H23N5O/c1-15-18(8-6-9-19(15)26-12-7-13-26)22-16(2)20-14-25-28(21-10-4-5-11-24-21)23(29)27(20)17(22)3/h4-6,8-11,14H,7,12-13H2,1-3H3. The largest absolute Gasteiger partial charge is 0.371 e. The van der Waals surface area contributed by atoms with E-state index in [1.54, 1.807) is 22.9 Å². The molecule has 0 radical (unpaired) electrons. The number of fused-ring (bicyclic) bond motifs is 1. The molecule has 0 N–H and O–H groups in total. The molecule has 1 aromatic carbocycles. The van der Waals surface area contributed by atoms with Crippen molar-refractivity contribution in [2.24, 2.45) is 0 Å². The van der Waals surface area contributed by atoms with Gasteiger partial charge in [-0.3, -0.25) is 4.40 Å². The Bertz CT molecular complexity index is 1280. The van der Waals surface area contributed by atoms with Gasteiger partial charge < -0.3 is 4.90 Å². The summed E-state index contributed by atoms with van der Waals surface area (Å²) in [6.07, 6.45) is 4.67. The predicted octanol–water partition coefficient (Wildman–Crippen LogP) is 3.68. The molecule has 1 fully saturated rings. The van der Waals surface area contributed by atoms with Crippen molar-refractivity contribution in [3.05, 3.63) is 76.1 Å². The first-order chi connectivity index (χ1) is 14.1. The summed E-state index contributed by atoms with van der Waals surface area (Å²) in [6.45, 7) is 8.47. The zero-order chi connectivity index (χ0) is 20.1. The molecule has 6 nitrogen and oxygen atoms in total. The van der Waals surface area contributed by atoms with Crippen LogP contribution in [0.15, 0.2) is 53.6 Å². The van der Waals surface area contributed by atoms with Crippen molar-refractivity contribution < 1.29 is 0 Å². The number of benzene rings is 1. The summed E-state index contributed by atoms with van der Waals surface area (Å²) in [5.41, 5.74) is 7.47. The number of pyridine rings is 1. The Morgan fingerprint density at radius 1 is 0.966 bits per heavy atom. The molecule has 29 heavy (non-hydrogen) atoms. The maximum atomic E-state index is 13.3. The quantitative estimate of drug-likeness (QED) is 0.540. The third-order valence-corrected chi connectivity index (χ3v) is 6.00. The van der Waals surface area contributed by atoms with Gasteiger partial charge >= 0.3 is 5.69 Å². The van der Waals surface area contributed by atoms with E-state index < -0.39 is 0 Å². The van der Waals surface area contributed by atoms with Crippen LogP contribution in [0.4, 0.5) is 5.69 Å². The molecule has 0 amide bonds. The van der Waals surface area contributed by atoms with Gasteiger partial charge in [-0.1, -0.05) is 18.2 Å². The number of hydrogen-bond donors (Lipinski definition) is 0. The highest BCUT2D eigenvalue weighted by Gasteiger charge is 2.22. The van der Waals surface area contributed by atoms with Crippen LogP contribution in [0, 0.1) is 20.8 Å².